The molecule has 1 aromatic rings. The number of hydrogen-bond donors (Lipinski definition) is 1. The minimum absolute atomic E-state index is 0.0461. The van der Waals surface area contributed by atoms with Crippen LogP contribution in [-0.4, -0.2) is 5.91 Å². The molecule has 1 heterocycles. The van der Waals surface area contributed by atoms with E-state index in [0.717, 1.165) is 34.7 Å². The molecule has 0 saturated heterocycles. The molecule has 86 valence electrons. The Labute approximate surface area is 108 Å². The summed E-state index contributed by atoms with van der Waals surface area (Å²) in [6, 6.07) is 3.88. The zero-order valence-corrected chi connectivity index (χ0v) is 11.4. The van der Waals surface area contributed by atoms with Gasteiger partial charge < -0.3 is 5.32 Å². The molecule has 0 spiro atoms. The molecule has 0 fully saturated rings. The summed E-state index contributed by atoms with van der Waals surface area (Å²) >= 11 is 9.84. The summed E-state index contributed by atoms with van der Waals surface area (Å²) in [4.78, 5) is 11.5. The number of alkyl halides is 1. The molecule has 0 saturated carbocycles. The van der Waals surface area contributed by atoms with Crippen LogP contribution in [-0.2, 0) is 11.2 Å². The smallest absolute Gasteiger partial charge is 0.228 e. The largest absolute Gasteiger partial charge is 0.325 e. The number of rotatable bonds is 3. The van der Waals surface area contributed by atoms with Crippen LogP contribution in [0.5, 0.6) is 0 Å². The van der Waals surface area contributed by atoms with E-state index in [1.807, 2.05) is 12.1 Å². The van der Waals surface area contributed by atoms with Crippen molar-refractivity contribution < 1.29 is 4.79 Å². The molecule has 1 amide bonds. The third-order valence-corrected chi connectivity index (χ3v) is 4.01. The summed E-state index contributed by atoms with van der Waals surface area (Å²) in [6.07, 6.45) is 2.60. The molecule has 0 aliphatic carbocycles. The van der Waals surface area contributed by atoms with E-state index in [2.05, 4.69) is 28.2 Å². The van der Waals surface area contributed by atoms with E-state index < -0.39 is 0 Å². The van der Waals surface area contributed by atoms with Crippen molar-refractivity contribution in [2.45, 2.75) is 31.0 Å². The fourth-order valence-corrected chi connectivity index (χ4v) is 3.18. The molecule has 1 unspecified atom stereocenters. The minimum atomic E-state index is 0.0461. The van der Waals surface area contributed by atoms with Crippen LogP contribution in [0.4, 0.5) is 5.69 Å². The van der Waals surface area contributed by atoms with Gasteiger partial charge in [-0.3, -0.25) is 4.79 Å². The highest BCUT2D eigenvalue weighted by Gasteiger charge is 2.21. The molecule has 16 heavy (non-hydrogen) atoms. The van der Waals surface area contributed by atoms with Gasteiger partial charge in [-0.15, -0.1) is 0 Å². The van der Waals surface area contributed by atoms with E-state index in [4.69, 9.17) is 11.6 Å². The minimum Gasteiger partial charge on any atom is -0.325 e. The molecule has 0 radical (unpaired) electrons. The van der Waals surface area contributed by atoms with Crippen molar-refractivity contribution in [3.05, 3.63) is 28.3 Å². The number of halogens is 2. The van der Waals surface area contributed by atoms with E-state index in [1.54, 1.807) is 0 Å². The molecule has 2 rings (SSSR count). The van der Waals surface area contributed by atoms with Gasteiger partial charge in [0.1, 0.15) is 0 Å². The normalized spacial score (nSPS) is 15.8. The third-order valence-electron chi connectivity index (χ3n) is 2.73. The Morgan fingerprint density at radius 1 is 1.56 bits per heavy atom. The van der Waals surface area contributed by atoms with Gasteiger partial charge in [-0.2, -0.15) is 0 Å². The Balaban J connectivity index is 2.34. The van der Waals surface area contributed by atoms with Gasteiger partial charge in [0.2, 0.25) is 5.91 Å². The highest BCUT2D eigenvalue weighted by atomic mass is 79.9. The van der Waals surface area contributed by atoms with Gasteiger partial charge in [-0.05, 0) is 23.6 Å². The van der Waals surface area contributed by atoms with Gasteiger partial charge in [0.05, 0.1) is 6.42 Å². The molecule has 1 N–H and O–H groups in total. The van der Waals surface area contributed by atoms with Crippen LogP contribution >= 0.6 is 27.5 Å². The van der Waals surface area contributed by atoms with Crippen LogP contribution in [0.1, 0.15) is 35.7 Å². The third kappa shape index (κ3) is 2.25. The van der Waals surface area contributed by atoms with Crippen LogP contribution in [0.3, 0.4) is 0 Å². The Kier molecular flexibility index (Phi) is 3.55. The highest BCUT2D eigenvalue weighted by molar-refractivity contribution is 9.09. The van der Waals surface area contributed by atoms with E-state index in [-0.39, 0.29) is 10.7 Å². The summed E-state index contributed by atoms with van der Waals surface area (Å²) in [5, 5.41) is 3.52. The zero-order valence-electron chi connectivity index (χ0n) is 9.02. The van der Waals surface area contributed by atoms with E-state index in [1.165, 1.54) is 0 Å². The lowest BCUT2D eigenvalue weighted by atomic mass is 10.0. The molecule has 1 atom stereocenters. The maximum Gasteiger partial charge on any atom is 0.228 e. The van der Waals surface area contributed by atoms with Crippen LogP contribution in [0.2, 0.25) is 5.02 Å². The Morgan fingerprint density at radius 2 is 2.31 bits per heavy atom. The van der Waals surface area contributed by atoms with Gasteiger partial charge >= 0.3 is 0 Å². The molecule has 0 bridgehead atoms. The van der Waals surface area contributed by atoms with Crippen molar-refractivity contribution in [1.29, 1.82) is 0 Å². The van der Waals surface area contributed by atoms with Crippen molar-refractivity contribution >= 4 is 39.1 Å². The molecule has 0 aromatic heterocycles. The van der Waals surface area contributed by atoms with Gasteiger partial charge in [0.25, 0.3) is 0 Å². The van der Waals surface area contributed by atoms with Gasteiger partial charge in [0, 0.05) is 15.5 Å². The summed E-state index contributed by atoms with van der Waals surface area (Å²) in [6.45, 7) is 2.14. The lowest BCUT2D eigenvalue weighted by Crippen LogP contribution is -2.03. The fourth-order valence-electron chi connectivity index (χ4n) is 1.92. The molecule has 1 aliphatic heterocycles. The Morgan fingerprint density at radius 3 is 3.00 bits per heavy atom. The monoisotopic (exact) mass is 301 g/mol. The average molecular weight is 303 g/mol. The first-order chi connectivity index (χ1) is 7.61. The molecule has 4 heteroatoms. The number of carbonyl (C=O) groups is 1. The van der Waals surface area contributed by atoms with Crippen LogP contribution < -0.4 is 5.32 Å². The Bertz CT molecular complexity index is 433. The maximum absolute atomic E-state index is 11.3. The van der Waals surface area contributed by atoms with Crippen LogP contribution in [0.25, 0.3) is 0 Å². The molecule has 1 aromatic carbocycles. The number of fused-ring (bicyclic) bond motifs is 1. The zero-order chi connectivity index (χ0) is 11.7. The Hall–Kier alpha value is -0.540. The first kappa shape index (κ1) is 11.9. The summed E-state index contributed by atoms with van der Waals surface area (Å²) in [5.74, 6) is 0.0461. The summed E-state index contributed by atoms with van der Waals surface area (Å²) < 4.78 is 0. The second-order valence-corrected chi connectivity index (χ2v) is 5.52. The number of benzene rings is 1. The van der Waals surface area contributed by atoms with Crippen molar-refractivity contribution in [1.82, 2.24) is 0 Å². The second-order valence-electron chi connectivity index (χ2n) is 4.01. The predicted molar refractivity (Wildman–Crippen MR) is 70.4 cm³/mol. The van der Waals surface area contributed by atoms with Crippen molar-refractivity contribution in [3.8, 4) is 0 Å². The topological polar surface area (TPSA) is 29.1 Å². The SMILES string of the molecule is CCCC(Br)c1cc2c(cc1Cl)NC(=O)C2. The molecular formula is C12H13BrClNO. The number of amides is 1. The summed E-state index contributed by atoms with van der Waals surface area (Å²) in [5.41, 5.74) is 2.98. The fraction of sp³-hybridized carbons (Fsp3) is 0.417. The van der Waals surface area contributed by atoms with E-state index in [9.17, 15) is 4.79 Å². The first-order valence-corrected chi connectivity index (χ1v) is 6.67. The molecule has 2 nitrogen and oxygen atoms in total. The van der Waals surface area contributed by atoms with Gasteiger partial charge in [-0.1, -0.05) is 46.9 Å². The number of hydrogen-bond acceptors (Lipinski definition) is 1. The first-order valence-electron chi connectivity index (χ1n) is 5.38. The summed E-state index contributed by atoms with van der Waals surface area (Å²) in [7, 11) is 0. The standard InChI is InChI=1S/C12H13BrClNO/c1-2-3-9(13)8-4-7-5-12(16)15-11(7)6-10(8)14/h4,6,9H,2-3,5H2,1H3,(H,15,16). The van der Waals surface area contributed by atoms with Gasteiger partial charge in [0.15, 0.2) is 0 Å². The van der Waals surface area contributed by atoms with E-state index >= 15 is 0 Å². The number of anilines is 1. The number of carbonyl (C=O) groups excluding carboxylic acids is 1. The average Bonchev–Trinajstić information content (AvgIpc) is 2.56. The molecule has 1 aliphatic rings. The highest BCUT2D eigenvalue weighted by Crippen LogP contribution is 2.37. The van der Waals surface area contributed by atoms with Crippen molar-refractivity contribution in [2.24, 2.45) is 0 Å². The van der Waals surface area contributed by atoms with Crippen molar-refractivity contribution in [3.63, 3.8) is 0 Å². The van der Waals surface area contributed by atoms with Gasteiger partial charge in [-0.25, -0.2) is 0 Å². The predicted octanol–water partition coefficient (Wildman–Crippen LogP) is 4.07. The van der Waals surface area contributed by atoms with E-state index in [0.29, 0.717) is 6.42 Å². The maximum atomic E-state index is 11.3. The van der Waals surface area contributed by atoms with Crippen molar-refractivity contribution in [2.75, 3.05) is 5.32 Å². The second kappa shape index (κ2) is 4.76. The number of nitrogens with one attached hydrogen (secondary N) is 1. The lowest BCUT2D eigenvalue weighted by molar-refractivity contribution is -0.115. The van der Waals surface area contributed by atoms with Crippen LogP contribution in [0.15, 0.2) is 12.1 Å². The lowest BCUT2D eigenvalue weighted by Gasteiger charge is -2.12. The quantitative estimate of drug-likeness (QED) is 0.838. The van der Waals surface area contributed by atoms with Crippen LogP contribution in [0, 0.1) is 0 Å². The molecular weight excluding hydrogens is 289 g/mol.